The van der Waals surface area contributed by atoms with Crippen molar-refractivity contribution in [3.05, 3.63) is 170 Å². The van der Waals surface area contributed by atoms with Crippen LogP contribution in [0.4, 0.5) is 0 Å². The molecular formula is C44H28N4O. The third-order valence-electron chi connectivity index (χ3n) is 8.78. The van der Waals surface area contributed by atoms with Crippen molar-refractivity contribution in [2.24, 2.45) is 0 Å². The van der Waals surface area contributed by atoms with E-state index in [9.17, 15) is 0 Å². The highest BCUT2D eigenvalue weighted by atomic mass is 16.3. The average Bonchev–Trinajstić information content (AvgIpc) is 3.64. The lowest BCUT2D eigenvalue weighted by molar-refractivity contribution is 0.623. The smallest absolute Gasteiger partial charge is 0.227 e. The molecule has 9 rings (SSSR count). The number of nitrogens with zero attached hydrogens (tertiary/aromatic N) is 4. The van der Waals surface area contributed by atoms with Crippen molar-refractivity contribution >= 4 is 21.9 Å². The van der Waals surface area contributed by atoms with Crippen LogP contribution < -0.4 is 0 Å². The van der Waals surface area contributed by atoms with E-state index in [0.29, 0.717) is 28.9 Å². The van der Waals surface area contributed by atoms with Crippen LogP contribution in [0.5, 0.6) is 0 Å². The summed E-state index contributed by atoms with van der Waals surface area (Å²) in [4.78, 5) is 20.2. The zero-order valence-corrected chi connectivity index (χ0v) is 26.4. The lowest BCUT2D eigenvalue weighted by Gasteiger charge is -2.13. The third-order valence-corrected chi connectivity index (χ3v) is 8.78. The summed E-state index contributed by atoms with van der Waals surface area (Å²) in [5.74, 6) is 2.33. The number of rotatable bonds is 6. The van der Waals surface area contributed by atoms with Gasteiger partial charge in [-0.25, -0.2) is 19.9 Å². The summed E-state index contributed by atoms with van der Waals surface area (Å²) < 4.78 is 6.50. The standard InChI is InChI=1S/C44H28N4O/c1-4-14-29(15-5-1)33-21-12-22-34(28-33)35-23-10-11-24-36(35)42-46-41(31-16-6-2-7-17-31)47-43(48-42)37-25-13-20-30-26-27-38-40(39(30)37)49-44(45-38)32-18-8-3-9-19-32/h1-28H. The highest BCUT2D eigenvalue weighted by molar-refractivity contribution is 6.10. The quantitative estimate of drug-likeness (QED) is 0.183. The Bertz CT molecular complexity index is 2600. The third kappa shape index (κ3) is 5.33. The van der Waals surface area contributed by atoms with Gasteiger partial charge in [0.05, 0.1) is 0 Å². The van der Waals surface area contributed by atoms with Crippen molar-refractivity contribution in [1.82, 2.24) is 19.9 Å². The van der Waals surface area contributed by atoms with Crippen LogP contribution in [0.15, 0.2) is 174 Å². The zero-order chi connectivity index (χ0) is 32.6. The molecule has 2 heterocycles. The van der Waals surface area contributed by atoms with Gasteiger partial charge in [-0.3, -0.25) is 0 Å². The molecule has 0 aliphatic carbocycles. The number of benzene rings is 7. The Morgan fingerprint density at radius 1 is 0.347 bits per heavy atom. The Labute approximate surface area is 283 Å². The van der Waals surface area contributed by atoms with E-state index >= 15 is 0 Å². The van der Waals surface area contributed by atoms with Crippen LogP contribution in [0.25, 0.3) is 89.7 Å². The van der Waals surface area contributed by atoms with Gasteiger partial charge in [0, 0.05) is 27.6 Å². The van der Waals surface area contributed by atoms with Crippen molar-refractivity contribution in [1.29, 1.82) is 0 Å². The number of hydrogen-bond donors (Lipinski definition) is 0. The maximum absolute atomic E-state index is 6.50. The predicted molar refractivity (Wildman–Crippen MR) is 198 cm³/mol. The van der Waals surface area contributed by atoms with Crippen LogP contribution in [-0.2, 0) is 0 Å². The molecule has 0 amide bonds. The van der Waals surface area contributed by atoms with E-state index in [1.807, 2.05) is 84.9 Å². The van der Waals surface area contributed by atoms with E-state index in [-0.39, 0.29) is 0 Å². The molecular weight excluding hydrogens is 601 g/mol. The molecule has 0 spiro atoms. The summed E-state index contributed by atoms with van der Waals surface area (Å²) in [5.41, 5.74) is 9.53. The molecule has 0 aliphatic rings. The molecule has 49 heavy (non-hydrogen) atoms. The van der Waals surface area contributed by atoms with E-state index in [2.05, 4.69) is 84.9 Å². The van der Waals surface area contributed by atoms with Gasteiger partial charge in [-0.15, -0.1) is 0 Å². The molecule has 0 fully saturated rings. The van der Waals surface area contributed by atoms with Gasteiger partial charge in [-0.2, -0.15) is 0 Å². The van der Waals surface area contributed by atoms with E-state index in [0.717, 1.165) is 55.2 Å². The van der Waals surface area contributed by atoms with Crippen LogP contribution in [0.1, 0.15) is 0 Å². The van der Waals surface area contributed by atoms with Crippen molar-refractivity contribution in [3.8, 4) is 67.9 Å². The normalized spacial score (nSPS) is 11.3. The SMILES string of the molecule is c1ccc(-c2cccc(-c3ccccc3-c3nc(-c4ccccc4)nc(-c4cccc5ccc6nc(-c7ccccc7)oc6c45)n3)c2)cc1. The van der Waals surface area contributed by atoms with Crippen LogP contribution in [-0.4, -0.2) is 19.9 Å². The summed E-state index contributed by atoms with van der Waals surface area (Å²) >= 11 is 0. The second kappa shape index (κ2) is 12.1. The monoisotopic (exact) mass is 628 g/mol. The minimum absolute atomic E-state index is 0.562. The van der Waals surface area contributed by atoms with Gasteiger partial charge in [-0.05, 0) is 51.9 Å². The molecule has 0 radical (unpaired) electrons. The molecule has 0 saturated heterocycles. The van der Waals surface area contributed by atoms with Gasteiger partial charge in [0.15, 0.2) is 23.1 Å². The minimum Gasteiger partial charge on any atom is -0.435 e. The predicted octanol–water partition coefficient (Wildman–Crippen LogP) is 11.2. The molecule has 2 aromatic heterocycles. The number of hydrogen-bond acceptors (Lipinski definition) is 5. The van der Waals surface area contributed by atoms with E-state index < -0.39 is 0 Å². The summed E-state index contributed by atoms with van der Waals surface area (Å²) in [7, 11) is 0. The maximum Gasteiger partial charge on any atom is 0.227 e. The van der Waals surface area contributed by atoms with Gasteiger partial charge in [0.1, 0.15) is 5.52 Å². The zero-order valence-electron chi connectivity index (χ0n) is 26.4. The first-order valence-electron chi connectivity index (χ1n) is 16.2. The van der Waals surface area contributed by atoms with Gasteiger partial charge in [0.25, 0.3) is 0 Å². The fourth-order valence-corrected chi connectivity index (χ4v) is 6.41. The van der Waals surface area contributed by atoms with E-state index in [1.54, 1.807) is 0 Å². The molecule has 0 atom stereocenters. The van der Waals surface area contributed by atoms with Crippen LogP contribution in [0.3, 0.4) is 0 Å². The Morgan fingerprint density at radius 2 is 0.898 bits per heavy atom. The largest absolute Gasteiger partial charge is 0.435 e. The van der Waals surface area contributed by atoms with Gasteiger partial charge in [-0.1, -0.05) is 146 Å². The molecule has 0 aliphatic heterocycles. The molecule has 0 bridgehead atoms. The Kier molecular flexibility index (Phi) is 7.06. The van der Waals surface area contributed by atoms with Gasteiger partial charge < -0.3 is 4.42 Å². The summed E-state index contributed by atoms with van der Waals surface area (Å²) in [6.07, 6.45) is 0. The minimum atomic E-state index is 0.562. The fraction of sp³-hybridized carbons (Fsp3) is 0. The van der Waals surface area contributed by atoms with Crippen molar-refractivity contribution < 1.29 is 4.42 Å². The lowest BCUT2D eigenvalue weighted by Crippen LogP contribution is -2.01. The van der Waals surface area contributed by atoms with Crippen LogP contribution >= 0.6 is 0 Å². The molecule has 0 saturated carbocycles. The van der Waals surface area contributed by atoms with Crippen molar-refractivity contribution in [2.75, 3.05) is 0 Å². The summed E-state index contributed by atoms with van der Waals surface area (Å²) in [6, 6.07) is 57.6. The highest BCUT2D eigenvalue weighted by Crippen LogP contribution is 2.38. The molecule has 230 valence electrons. The maximum atomic E-state index is 6.50. The average molecular weight is 629 g/mol. The number of fused-ring (bicyclic) bond motifs is 3. The number of oxazole rings is 1. The summed E-state index contributed by atoms with van der Waals surface area (Å²) in [5, 5.41) is 1.93. The van der Waals surface area contributed by atoms with Gasteiger partial charge >= 0.3 is 0 Å². The number of aromatic nitrogens is 4. The first kappa shape index (κ1) is 28.5. The molecule has 7 aromatic carbocycles. The van der Waals surface area contributed by atoms with Crippen LogP contribution in [0.2, 0.25) is 0 Å². The highest BCUT2D eigenvalue weighted by Gasteiger charge is 2.20. The lowest BCUT2D eigenvalue weighted by atomic mass is 9.95. The first-order chi connectivity index (χ1) is 24.3. The first-order valence-corrected chi connectivity index (χ1v) is 16.2. The van der Waals surface area contributed by atoms with E-state index in [4.69, 9.17) is 24.4 Å². The molecule has 5 nitrogen and oxygen atoms in total. The molecule has 0 unspecified atom stereocenters. The van der Waals surface area contributed by atoms with E-state index in [1.165, 1.54) is 5.56 Å². The second-order valence-electron chi connectivity index (χ2n) is 11.9. The Hall–Kier alpha value is -6.72. The second-order valence-corrected chi connectivity index (χ2v) is 11.9. The summed E-state index contributed by atoms with van der Waals surface area (Å²) in [6.45, 7) is 0. The van der Waals surface area contributed by atoms with Gasteiger partial charge in [0.2, 0.25) is 5.89 Å². The van der Waals surface area contributed by atoms with Crippen LogP contribution in [0, 0.1) is 0 Å². The Morgan fingerprint density at radius 3 is 1.65 bits per heavy atom. The van der Waals surface area contributed by atoms with Crippen molar-refractivity contribution in [2.45, 2.75) is 0 Å². The molecule has 0 N–H and O–H groups in total. The van der Waals surface area contributed by atoms with Crippen molar-refractivity contribution in [3.63, 3.8) is 0 Å². The molecule has 5 heteroatoms. The fourth-order valence-electron chi connectivity index (χ4n) is 6.41. The Balaban J connectivity index is 1.26. The topological polar surface area (TPSA) is 64.7 Å². The molecule has 9 aromatic rings.